The van der Waals surface area contributed by atoms with Crippen LogP contribution in [0.4, 0.5) is 0 Å². The number of rotatable bonds is 4. The number of benzene rings is 7. The van der Waals surface area contributed by atoms with E-state index < -0.39 is 18.1 Å². The summed E-state index contributed by atoms with van der Waals surface area (Å²) in [6.45, 7) is 0. The molecule has 0 saturated heterocycles. The topological polar surface area (TPSA) is 56.7 Å². The molecule has 4 aromatic heterocycles. The molecule has 51 heavy (non-hydrogen) atoms. The van der Waals surface area contributed by atoms with Gasteiger partial charge in [-0.2, -0.15) is 0 Å². The molecule has 7 aromatic carbocycles. The first-order valence-electron chi connectivity index (χ1n) is 19.0. The highest BCUT2D eigenvalue weighted by atomic mass is 32.1. The zero-order chi connectivity index (χ0) is 37.8. The molecule has 0 bridgehead atoms. The van der Waals surface area contributed by atoms with Crippen LogP contribution in [-0.4, -0.2) is 19.5 Å². The Labute approximate surface area is 302 Å². The molecular formula is C45H26N4OS. The summed E-state index contributed by atoms with van der Waals surface area (Å²) >= 11 is 1.71. The molecule has 238 valence electrons. The Morgan fingerprint density at radius 2 is 1.18 bits per heavy atom. The van der Waals surface area contributed by atoms with Crippen LogP contribution in [0.2, 0.25) is 0 Å². The molecule has 0 aliphatic heterocycles. The molecule has 6 heteroatoms. The van der Waals surface area contributed by atoms with Crippen LogP contribution < -0.4 is 0 Å². The van der Waals surface area contributed by atoms with E-state index in [1.165, 1.54) is 10.1 Å². The normalized spacial score (nSPS) is 13.3. The molecule has 0 fully saturated rings. The van der Waals surface area contributed by atoms with Crippen molar-refractivity contribution in [3.8, 4) is 39.9 Å². The standard InChI is InChI=1S/C45H26N4OS/c1-2-11-29(12-3-1)49-37-18-7-4-13-30(37)31-23-21-28(26-38(31)49)44-46-43(27-22-24-40-36(25-27)32-14-5-8-19-39(32)50-40)47-45(48-44)35-17-10-16-34-33-15-6-9-20-41(33)51-42(34)35/h1-26H/i1D,2D,3D,11D,12D. The van der Waals surface area contributed by atoms with Gasteiger partial charge in [-0.15, -0.1) is 11.3 Å². The molecule has 0 spiro atoms. The first-order valence-corrected chi connectivity index (χ1v) is 17.3. The predicted molar refractivity (Wildman–Crippen MR) is 211 cm³/mol. The molecule has 11 aromatic rings. The van der Waals surface area contributed by atoms with Gasteiger partial charge in [0.15, 0.2) is 17.5 Å². The van der Waals surface area contributed by atoms with Crippen molar-refractivity contribution >= 4 is 75.3 Å². The van der Waals surface area contributed by atoms with Crippen LogP contribution in [0, 0.1) is 0 Å². The number of thiophene rings is 1. The summed E-state index contributed by atoms with van der Waals surface area (Å²) in [6, 6.07) is 40.3. The van der Waals surface area contributed by atoms with Crippen LogP contribution in [-0.2, 0) is 0 Å². The van der Waals surface area contributed by atoms with Crippen LogP contribution in [0.3, 0.4) is 0 Å². The fourth-order valence-corrected chi connectivity index (χ4v) is 8.46. The van der Waals surface area contributed by atoms with Crippen molar-refractivity contribution in [1.82, 2.24) is 19.5 Å². The molecule has 11 rings (SSSR count). The lowest BCUT2D eigenvalue weighted by molar-refractivity contribution is 0.669. The minimum atomic E-state index is -0.439. The number of hydrogen-bond acceptors (Lipinski definition) is 5. The maximum Gasteiger partial charge on any atom is 0.165 e. The van der Waals surface area contributed by atoms with Gasteiger partial charge in [0.2, 0.25) is 0 Å². The number of hydrogen-bond donors (Lipinski definition) is 0. The van der Waals surface area contributed by atoms with Crippen LogP contribution in [0.5, 0.6) is 0 Å². The Bertz CT molecular complexity index is 3430. The average molecular weight is 676 g/mol. The van der Waals surface area contributed by atoms with Gasteiger partial charge in [0.05, 0.1) is 17.9 Å². The molecule has 0 radical (unpaired) electrons. The van der Waals surface area contributed by atoms with Gasteiger partial charge >= 0.3 is 0 Å². The molecule has 0 aliphatic rings. The minimum absolute atomic E-state index is 0.0773. The first kappa shape index (κ1) is 23.7. The van der Waals surface area contributed by atoms with Crippen molar-refractivity contribution in [2.75, 3.05) is 0 Å². The predicted octanol–water partition coefficient (Wildman–Crippen LogP) is 12.2. The van der Waals surface area contributed by atoms with Gasteiger partial charge in [-0.3, -0.25) is 0 Å². The molecule has 4 heterocycles. The highest BCUT2D eigenvalue weighted by Crippen LogP contribution is 2.41. The maximum atomic E-state index is 8.90. The van der Waals surface area contributed by atoms with E-state index >= 15 is 0 Å². The summed E-state index contributed by atoms with van der Waals surface area (Å²) in [7, 11) is 0. The van der Waals surface area contributed by atoms with Crippen LogP contribution in [0.15, 0.2) is 162 Å². The van der Waals surface area contributed by atoms with Gasteiger partial charge in [0.25, 0.3) is 0 Å². The minimum Gasteiger partial charge on any atom is -0.456 e. The van der Waals surface area contributed by atoms with E-state index in [9.17, 15) is 0 Å². The Kier molecular flexibility index (Phi) is 5.08. The van der Waals surface area contributed by atoms with Gasteiger partial charge in [-0.05, 0) is 60.6 Å². The van der Waals surface area contributed by atoms with Gasteiger partial charge in [0.1, 0.15) is 11.2 Å². The van der Waals surface area contributed by atoms with Gasteiger partial charge in [0, 0.05) is 64.1 Å². The number of para-hydroxylation sites is 3. The Morgan fingerprint density at radius 3 is 2.06 bits per heavy atom. The second-order valence-electron chi connectivity index (χ2n) is 12.5. The monoisotopic (exact) mass is 675 g/mol. The highest BCUT2D eigenvalue weighted by molar-refractivity contribution is 7.26. The molecule has 5 nitrogen and oxygen atoms in total. The van der Waals surface area contributed by atoms with E-state index in [1.807, 2.05) is 97.1 Å². The van der Waals surface area contributed by atoms with Crippen molar-refractivity contribution in [2.45, 2.75) is 0 Å². The van der Waals surface area contributed by atoms with Crippen molar-refractivity contribution in [1.29, 1.82) is 0 Å². The Morgan fingerprint density at radius 1 is 0.510 bits per heavy atom. The quantitative estimate of drug-likeness (QED) is 0.186. The lowest BCUT2D eigenvalue weighted by atomic mass is 10.1. The summed E-state index contributed by atoms with van der Waals surface area (Å²) in [5, 5.41) is 6.00. The number of furan rings is 1. The second-order valence-corrected chi connectivity index (χ2v) is 13.5. The fraction of sp³-hybridized carbons (Fsp3) is 0. The van der Waals surface area contributed by atoms with Gasteiger partial charge in [-0.25, -0.2) is 15.0 Å². The third-order valence-electron chi connectivity index (χ3n) is 9.56. The van der Waals surface area contributed by atoms with E-state index in [0.717, 1.165) is 53.9 Å². The highest BCUT2D eigenvalue weighted by Gasteiger charge is 2.19. The van der Waals surface area contributed by atoms with Crippen molar-refractivity contribution in [3.05, 3.63) is 158 Å². The molecule has 0 amide bonds. The second kappa shape index (κ2) is 10.9. The smallest absolute Gasteiger partial charge is 0.165 e. The summed E-state index contributed by atoms with van der Waals surface area (Å²) in [6.07, 6.45) is 0. The number of fused-ring (bicyclic) bond motifs is 9. The molecule has 0 unspecified atom stereocenters. The SMILES string of the molecule is [2H]c1c([2H])c([2H])c(-n2c3ccccc3c3ccc(-c4nc(-c5ccc6oc7ccccc7c6c5)nc(-c5cccc6c5sc5ccccc56)n4)cc32)c([2H])c1[2H]. The van der Waals surface area contributed by atoms with E-state index in [2.05, 4.69) is 30.3 Å². The van der Waals surface area contributed by atoms with Gasteiger partial charge < -0.3 is 8.98 Å². The third kappa shape index (κ3) is 4.37. The fourth-order valence-electron chi connectivity index (χ4n) is 7.25. The summed E-state index contributed by atoms with van der Waals surface area (Å²) < 4.78 is 53.1. The van der Waals surface area contributed by atoms with Crippen LogP contribution >= 0.6 is 11.3 Å². The van der Waals surface area contributed by atoms with Crippen molar-refractivity contribution < 1.29 is 11.3 Å². The lowest BCUT2D eigenvalue weighted by Gasteiger charge is -2.11. The molecule has 0 saturated carbocycles. The number of nitrogens with zero attached hydrogens (tertiary/aromatic N) is 4. The largest absolute Gasteiger partial charge is 0.456 e. The van der Waals surface area contributed by atoms with E-state index in [-0.39, 0.29) is 17.8 Å². The van der Waals surface area contributed by atoms with E-state index in [4.69, 9.17) is 26.2 Å². The molecule has 0 atom stereocenters. The molecule has 0 aliphatic carbocycles. The molecule has 0 N–H and O–H groups in total. The Balaban J connectivity index is 1.19. The van der Waals surface area contributed by atoms with E-state index in [0.29, 0.717) is 34.1 Å². The Hall–Kier alpha value is -6.63. The van der Waals surface area contributed by atoms with Gasteiger partial charge in [-0.1, -0.05) is 97.0 Å². The number of aromatic nitrogens is 4. The lowest BCUT2D eigenvalue weighted by Crippen LogP contribution is -2.00. The maximum absolute atomic E-state index is 8.90. The van der Waals surface area contributed by atoms with Crippen LogP contribution in [0.25, 0.3) is 104 Å². The van der Waals surface area contributed by atoms with Crippen molar-refractivity contribution in [3.63, 3.8) is 0 Å². The van der Waals surface area contributed by atoms with Crippen LogP contribution in [0.1, 0.15) is 6.85 Å². The zero-order valence-electron chi connectivity index (χ0n) is 31.7. The molecular weight excluding hydrogens is 645 g/mol. The summed E-state index contributed by atoms with van der Waals surface area (Å²) in [4.78, 5) is 15.4. The third-order valence-corrected chi connectivity index (χ3v) is 10.8. The first-order chi connectivity index (χ1) is 27.3. The zero-order valence-corrected chi connectivity index (χ0v) is 27.5. The summed E-state index contributed by atoms with van der Waals surface area (Å²) in [5.41, 5.74) is 5.38. The van der Waals surface area contributed by atoms with E-state index in [1.54, 1.807) is 15.9 Å². The average Bonchev–Trinajstić information content (AvgIpc) is 3.91. The van der Waals surface area contributed by atoms with Crippen molar-refractivity contribution in [2.24, 2.45) is 0 Å². The summed E-state index contributed by atoms with van der Waals surface area (Å²) in [5.74, 6) is 1.44.